The molecule has 142 valence electrons. The van der Waals surface area contributed by atoms with Gasteiger partial charge in [-0.1, -0.05) is 43.5 Å². The summed E-state index contributed by atoms with van der Waals surface area (Å²) in [6.45, 7) is 3.26. The molecule has 26 heavy (non-hydrogen) atoms. The highest BCUT2D eigenvalue weighted by molar-refractivity contribution is 6.33. The molecule has 0 saturated heterocycles. The Labute approximate surface area is 158 Å². The number of ether oxygens (including phenoxy) is 1. The molecule has 0 spiro atoms. The van der Waals surface area contributed by atoms with Crippen molar-refractivity contribution in [1.82, 2.24) is 10.6 Å². The van der Waals surface area contributed by atoms with E-state index < -0.39 is 17.9 Å². The van der Waals surface area contributed by atoms with Gasteiger partial charge in [0, 0.05) is 6.04 Å². The fourth-order valence-electron chi connectivity index (χ4n) is 3.02. The summed E-state index contributed by atoms with van der Waals surface area (Å²) in [5, 5.41) is 5.73. The number of halogens is 1. The largest absolute Gasteiger partial charge is 0.454 e. The number of carbonyl (C=O) groups is 3. The summed E-state index contributed by atoms with van der Waals surface area (Å²) in [7, 11) is 0. The van der Waals surface area contributed by atoms with Gasteiger partial charge in [-0.25, -0.2) is 4.79 Å². The van der Waals surface area contributed by atoms with Crippen molar-refractivity contribution in [3.63, 3.8) is 0 Å². The lowest BCUT2D eigenvalue weighted by Crippen LogP contribution is -2.44. The molecule has 2 amide bonds. The minimum atomic E-state index is -0.889. The van der Waals surface area contributed by atoms with Crippen LogP contribution in [-0.2, 0) is 14.3 Å². The molecule has 0 heterocycles. The standard InChI is InChI=1S/C19H25ClN2O4/c1-12-7-3-6-10-16(12)22-17(23)11-26-19(25)13(2)21-18(24)14-8-4-5-9-15(14)20/h4-5,8-9,12-13,16H,3,6-7,10-11H2,1-2H3,(H,21,24)(H,22,23)/t12-,13+,16+/m1/s1. The molecule has 0 radical (unpaired) electrons. The van der Waals surface area contributed by atoms with Crippen molar-refractivity contribution in [2.24, 2.45) is 5.92 Å². The second-order valence-corrected chi connectivity index (χ2v) is 7.13. The monoisotopic (exact) mass is 380 g/mol. The first-order valence-corrected chi connectivity index (χ1v) is 9.27. The molecule has 6 nitrogen and oxygen atoms in total. The minimum absolute atomic E-state index is 0.132. The molecule has 1 aliphatic carbocycles. The van der Waals surface area contributed by atoms with Gasteiger partial charge in [0.2, 0.25) is 0 Å². The normalized spacial score (nSPS) is 20.7. The predicted octanol–water partition coefficient (Wildman–Crippen LogP) is 2.70. The Bertz CT molecular complexity index is 665. The lowest BCUT2D eigenvalue weighted by Gasteiger charge is -2.29. The molecule has 1 fully saturated rings. The summed E-state index contributed by atoms with van der Waals surface area (Å²) in [6, 6.07) is 5.79. The van der Waals surface area contributed by atoms with Gasteiger partial charge in [0.05, 0.1) is 10.6 Å². The van der Waals surface area contributed by atoms with Gasteiger partial charge < -0.3 is 15.4 Å². The van der Waals surface area contributed by atoms with Crippen LogP contribution >= 0.6 is 11.6 Å². The van der Waals surface area contributed by atoms with Crippen molar-refractivity contribution < 1.29 is 19.1 Å². The maximum Gasteiger partial charge on any atom is 0.328 e. The molecule has 2 N–H and O–H groups in total. The molecule has 0 aliphatic heterocycles. The summed E-state index contributed by atoms with van der Waals surface area (Å²) in [4.78, 5) is 36.1. The maximum absolute atomic E-state index is 12.1. The highest BCUT2D eigenvalue weighted by Crippen LogP contribution is 2.23. The molecule has 0 aromatic heterocycles. The van der Waals surface area contributed by atoms with Crippen LogP contribution in [0.5, 0.6) is 0 Å². The Morgan fingerprint density at radius 3 is 2.62 bits per heavy atom. The molecular formula is C19H25ClN2O4. The molecule has 3 atom stereocenters. The van der Waals surface area contributed by atoms with Crippen molar-refractivity contribution in [2.45, 2.75) is 51.6 Å². The number of nitrogens with one attached hydrogen (secondary N) is 2. The van der Waals surface area contributed by atoms with E-state index in [2.05, 4.69) is 17.6 Å². The fourth-order valence-corrected chi connectivity index (χ4v) is 3.24. The van der Waals surface area contributed by atoms with Crippen LogP contribution in [0, 0.1) is 5.92 Å². The second-order valence-electron chi connectivity index (χ2n) is 6.72. The lowest BCUT2D eigenvalue weighted by molar-refractivity contribution is -0.150. The zero-order chi connectivity index (χ0) is 19.1. The molecule has 2 rings (SSSR count). The lowest BCUT2D eigenvalue weighted by atomic mass is 9.86. The maximum atomic E-state index is 12.1. The summed E-state index contributed by atoms with van der Waals surface area (Å²) in [5.74, 6) is -1.03. The smallest absolute Gasteiger partial charge is 0.328 e. The fraction of sp³-hybridized carbons (Fsp3) is 0.526. The number of esters is 1. The first-order valence-electron chi connectivity index (χ1n) is 8.90. The van der Waals surface area contributed by atoms with Crippen LogP contribution in [0.2, 0.25) is 5.02 Å². The molecule has 7 heteroatoms. The minimum Gasteiger partial charge on any atom is -0.454 e. The van der Waals surface area contributed by atoms with Crippen LogP contribution in [0.3, 0.4) is 0 Å². The Morgan fingerprint density at radius 2 is 1.92 bits per heavy atom. The SMILES string of the molecule is C[C@H](NC(=O)c1ccccc1Cl)C(=O)OCC(=O)N[C@H]1CCCC[C@H]1C. The predicted molar refractivity (Wildman–Crippen MR) is 98.9 cm³/mol. The van der Waals surface area contributed by atoms with Gasteiger partial charge in [-0.2, -0.15) is 0 Å². The quantitative estimate of drug-likeness (QED) is 0.743. The molecule has 1 aromatic rings. The van der Waals surface area contributed by atoms with Gasteiger partial charge in [-0.3, -0.25) is 9.59 Å². The van der Waals surface area contributed by atoms with Crippen LogP contribution in [0.1, 0.15) is 49.9 Å². The number of benzene rings is 1. The van der Waals surface area contributed by atoms with Crippen LogP contribution in [0.25, 0.3) is 0 Å². The summed E-state index contributed by atoms with van der Waals surface area (Å²) in [5.41, 5.74) is 0.276. The molecular weight excluding hydrogens is 356 g/mol. The summed E-state index contributed by atoms with van der Waals surface area (Å²) >= 11 is 5.96. The van der Waals surface area contributed by atoms with Crippen LogP contribution < -0.4 is 10.6 Å². The van der Waals surface area contributed by atoms with E-state index in [0.29, 0.717) is 10.9 Å². The Morgan fingerprint density at radius 1 is 1.23 bits per heavy atom. The summed E-state index contributed by atoms with van der Waals surface area (Å²) in [6.07, 6.45) is 4.33. The Balaban J connectivity index is 1.77. The topological polar surface area (TPSA) is 84.5 Å². The van der Waals surface area contributed by atoms with Crippen LogP contribution in [0.15, 0.2) is 24.3 Å². The molecule has 0 unspecified atom stereocenters. The van der Waals surface area contributed by atoms with Crippen molar-refractivity contribution in [3.05, 3.63) is 34.9 Å². The van der Waals surface area contributed by atoms with Gasteiger partial charge in [-0.05, 0) is 37.8 Å². The zero-order valence-electron chi connectivity index (χ0n) is 15.1. The highest BCUT2D eigenvalue weighted by atomic mass is 35.5. The van der Waals surface area contributed by atoms with E-state index in [-0.39, 0.29) is 24.1 Å². The van der Waals surface area contributed by atoms with Crippen molar-refractivity contribution in [3.8, 4) is 0 Å². The molecule has 1 aromatic carbocycles. The van der Waals surface area contributed by atoms with Gasteiger partial charge in [0.15, 0.2) is 6.61 Å². The summed E-state index contributed by atoms with van der Waals surface area (Å²) < 4.78 is 5.01. The van der Waals surface area contributed by atoms with Crippen molar-refractivity contribution >= 4 is 29.4 Å². The van der Waals surface area contributed by atoms with E-state index in [1.807, 2.05) is 0 Å². The number of hydrogen-bond donors (Lipinski definition) is 2. The first-order chi connectivity index (χ1) is 12.4. The molecule has 0 bridgehead atoms. The van der Waals surface area contributed by atoms with E-state index in [9.17, 15) is 14.4 Å². The van der Waals surface area contributed by atoms with Gasteiger partial charge in [0.25, 0.3) is 11.8 Å². The molecule has 1 aliphatic rings. The third-order valence-electron chi connectivity index (χ3n) is 4.62. The highest BCUT2D eigenvalue weighted by Gasteiger charge is 2.24. The van der Waals surface area contributed by atoms with E-state index in [1.54, 1.807) is 24.3 Å². The zero-order valence-corrected chi connectivity index (χ0v) is 15.8. The van der Waals surface area contributed by atoms with E-state index in [1.165, 1.54) is 13.3 Å². The van der Waals surface area contributed by atoms with Crippen molar-refractivity contribution in [2.75, 3.05) is 6.61 Å². The van der Waals surface area contributed by atoms with Gasteiger partial charge in [0.1, 0.15) is 6.04 Å². The number of amides is 2. The Hall–Kier alpha value is -2.08. The average molecular weight is 381 g/mol. The van der Waals surface area contributed by atoms with E-state index >= 15 is 0 Å². The van der Waals surface area contributed by atoms with E-state index in [0.717, 1.165) is 19.3 Å². The van der Waals surface area contributed by atoms with Crippen molar-refractivity contribution in [1.29, 1.82) is 0 Å². The number of carbonyl (C=O) groups excluding carboxylic acids is 3. The Kier molecular flexibility index (Phi) is 7.45. The first kappa shape index (κ1) is 20.2. The third-order valence-corrected chi connectivity index (χ3v) is 4.95. The van der Waals surface area contributed by atoms with Gasteiger partial charge in [-0.15, -0.1) is 0 Å². The van der Waals surface area contributed by atoms with Gasteiger partial charge >= 0.3 is 5.97 Å². The van der Waals surface area contributed by atoms with Crippen LogP contribution in [-0.4, -0.2) is 36.5 Å². The second kappa shape index (κ2) is 9.57. The third kappa shape index (κ3) is 5.73. The number of rotatable bonds is 6. The number of hydrogen-bond acceptors (Lipinski definition) is 4. The van der Waals surface area contributed by atoms with Crippen LogP contribution in [0.4, 0.5) is 0 Å². The average Bonchev–Trinajstić information content (AvgIpc) is 2.61. The van der Waals surface area contributed by atoms with E-state index in [4.69, 9.17) is 16.3 Å². The molecule has 1 saturated carbocycles.